The Kier molecular flexibility index (Phi) is 1.30. The minimum absolute atomic E-state index is 0.549. The van der Waals surface area contributed by atoms with Crippen LogP contribution in [0.25, 0.3) is 5.78 Å². The van der Waals surface area contributed by atoms with Gasteiger partial charge in [-0.3, -0.25) is 4.40 Å². The maximum absolute atomic E-state index is 5.63. The number of rotatable bonds is 0. The minimum atomic E-state index is 0.549. The summed E-state index contributed by atoms with van der Waals surface area (Å²) in [7, 11) is 0. The zero-order valence-electron chi connectivity index (χ0n) is 7.07. The van der Waals surface area contributed by atoms with E-state index in [2.05, 4.69) is 9.97 Å². The molecule has 2 aromatic heterocycles. The molecule has 0 aliphatic heterocycles. The van der Waals surface area contributed by atoms with Crippen molar-refractivity contribution in [2.75, 3.05) is 5.73 Å². The number of aryl methyl sites for hydroxylation is 2. The Labute approximate surface area is 70.1 Å². The summed E-state index contributed by atoms with van der Waals surface area (Å²) in [6.07, 6.45) is 3.85. The number of fused-ring (bicyclic) bond motifs is 1. The summed E-state index contributed by atoms with van der Waals surface area (Å²) in [6, 6.07) is 0. The second kappa shape index (κ2) is 2.20. The highest BCUT2D eigenvalue weighted by Gasteiger charge is 2.01. The summed E-state index contributed by atoms with van der Waals surface area (Å²) < 4.78 is 1.88. The summed E-state index contributed by atoms with van der Waals surface area (Å²) in [4.78, 5) is 8.31. The van der Waals surface area contributed by atoms with Gasteiger partial charge in [0.25, 0.3) is 0 Å². The summed E-state index contributed by atoms with van der Waals surface area (Å²) in [5.74, 6) is 1.21. The van der Waals surface area contributed by atoms with Crippen LogP contribution in [0.2, 0.25) is 0 Å². The van der Waals surface area contributed by atoms with Crippen molar-refractivity contribution in [3.05, 3.63) is 23.7 Å². The van der Waals surface area contributed by atoms with Gasteiger partial charge in [0, 0.05) is 18.0 Å². The van der Waals surface area contributed by atoms with Crippen LogP contribution in [0.1, 0.15) is 11.3 Å². The van der Waals surface area contributed by atoms with Crippen LogP contribution in [0.5, 0.6) is 0 Å². The van der Waals surface area contributed by atoms with Crippen molar-refractivity contribution in [3.63, 3.8) is 0 Å². The predicted molar refractivity (Wildman–Crippen MR) is 46.9 cm³/mol. The van der Waals surface area contributed by atoms with Gasteiger partial charge in [-0.05, 0) is 13.8 Å². The van der Waals surface area contributed by atoms with Gasteiger partial charge in [0.2, 0.25) is 5.78 Å². The molecule has 2 rings (SSSR count). The van der Waals surface area contributed by atoms with Gasteiger partial charge in [-0.1, -0.05) is 0 Å². The van der Waals surface area contributed by atoms with Gasteiger partial charge >= 0.3 is 0 Å². The Balaban J connectivity index is 2.83. The number of nitrogen functional groups attached to an aromatic ring is 1. The van der Waals surface area contributed by atoms with Crippen molar-refractivity contribution >= 4 is 11.6 Å². The van der Waals surface area contributed by atoms with Crippen molar-refractivity contribution < 1.29 is 0 Å². The van der Waals surface area contributed by atoms with Crippen LogP contribution in [0.15, 0.2) is 12.4 Å². The molecule has 0 atom stereocenters. The smallest absolute Gasteiger partial charge is 0.235 e. The first kappa shape index (κ1) is 7.09. The van der Waals surface area contributed by atoms with E-state index in [1.165, 1.54) is 0 Å². The van der Waals surface area contributed by atoms with E-state index in [4.69, 9.17) is 5.73 Å². The fraction of sp³-hybridized carbons (Fsp3) is 0.250. The third-order valence-electron chi connectivity index (χ3n) is 1.79. The molecule has 0 spiro atoms. The molecule has 0 amide bonds. The topological polar surface area (TPSA) is 56.2 Å². The van der Waals surface area contributed by atoms with Gasteiger partial charge in [0.1, 0.15) is 5.82 Å². The van der Waals surface area contributed by atoms with Crippen molar-refractivity contribution in [2.45, 2.75) is 13.8 Å². The van der Waals surface area contributed by atoms with Crippen LogP contribution in [0.4, 0.5) is 5.82 Å². The van der Waals surface area contributed by atoms with E-state index in [-0.39, 0.29) is 0 Å². The van der Waals surface area contributed by atoms with E-state index < -0.39 is 0 Å². The van der Waals surface area contributed by atoms with Crippen molar-refractivity contribution in [2.24, 2.45) is 0 Å². The van der Waals surface area contributed by atoms with E-state index in [0.29, 0.717) is 11.6 Å². The predicted octanol–water partition coefficient (Wildman–Crippen LogP) is 0.928. The van der Waals surface area contributed by atoms with Crippen LogP contribution in [0, 0.1) is 13.8 Å². The fourth-order valence-corrected chi connectivity index (χ4v) is 1.15. The lowest BCUT2D eigenvalue weighted by molar-refractivity contribution is 1.09. The highest BCUT2D eigenvalue weighted by molar-refractivity contribution is 5.44. The average molecular weight is 162 g/mol. The number of hydrogen-bond acceptors (Lipinski definition) is 3. The Bertz CT molecular complexity index is 391. The first-order valence-corrected chi connectivity index (χ1v) is 3.75. The maximum atomic E-state index is 5.63. The van der Waals surface area contributed by atoms with Crippen LogP contribution in [-0.4, -0.2) is 14.4 Å². The first-order chi connectivity index (χ1) is 5.66. The Morgan fingerprint density at radius 3 is 2.75 bits per heavy atom. The lowest BCUT2D eigenvalue weighted by atomic mass is 10.3. The average Bonchev–Trinajstić information content (AvgIpc) is 2.30. The molecule has 4 heteroatoms. The molecular weight excluding hydrogens is 152 g/mol. The van der Waals surface area contributed by atoms with E-state index in [1.54, 1.807) is 0 Å². The molecule has 0 bridgehead atoms. The summed E-state index contributed by atoms with van der Waals surface area (Å²) in [6.45, 7) is 3.86. The molecule has 0 fully saturated rings. The monoisotopic (exact) mass is 162 g/mol. The van der Waals surface area contributed by atoms with Crippen LogP contribution in [0.3, 0.4) is 0 Å². The van der Waals surface area contributed by atoms with Crippen LogP contribution >= 0.6 is 0 Å². The lowest BCUT2D eigenvalue weighted by Gasteiger charge is -1.98. The van der Waals surface area contributed by atoms with Crippen molar-refractivity contribution in [3.8, 4) is 0 Å². The number of aromatic nitrogens is 3. The van der Waals surface area contributed by atoms with Gasteiger partial charge in [-0.15, -0.1) is 0 Å². The second-order valence-electron chi connectivity index (χ2n) is 2.90. The zero-order chi connectivity index (χ0) is 8.72. The molecule has 2 aromatic rings. The standard InChI is InChI=1S/C8H10N4/c1-5-3-12-4-6(2)10-8(12)11-7(5)9/h3-4H,1-2H3,(H2,9,10,11). The molecular formula is C8H10N4. The number of anilines is 1. The lowest BCUT2D eigenvalue weighted by Crippen LogP contribution is -1.97. The number of nitrogens with zero attached hydrogens (tertiary/aromatic N) is 3. The Hall–Kier alpha value is -1.58. The molecule has 62 valence electrons. The molecule has 2 heterocycles. The van der Waals surface area contributed by atoms with Gasteiger partial charge < -0.3 is 5.73 Å². The van der Waals surface area contributed by atoms with Crippen LogP contribution in [-0.2, 0) is 0 Å². The molecule has 0 aromatic carbocycles. The summed E-state index contributed by atoms with van der Waals surface area (Å²) in [5.41, 5.74) is 7.55. The highest BCUT2D eigenvalue weighted by atomic mass is 15.1. The van der Waals surface area contributed by atoms with Gasteiger partial charge in [0.15, 0.2) is 0 Å². The zero-order valence-corrected chi connectivity index (χ0v) is 7.07. The molecule has 0 saturated heterocycles. The molecule has 0 unspecified atom stereocenters. The van der Waals surface area contributed by atoms with E-state index in [0.717, 1.165) is 11.3 Å². The molecule has 0 saturated carbocycles. The number of nitrogens with two attached hydrogens (primary N) is 1. The first-order valence-electron chi connectivity index (χ1n) is 3.75. The fourth-order valence-electron chi connectivity index (χ4n) is 1.15. The third-order valence-corrected chi connectivity index (χ3v) is 1.79. The largest absolute Gasteiger partial charge is 0.383 e. The Morgan fingerprint density at radius 2 is 2.00 bits per heavy atom. The van der Waals surface area contributed by atoms with Gasteiger partial charge in [-0.2, -0.15) is 4.98 Å². The normalized spacial score (nSPS) is 10.8. The van der Waals surface area contributed by atoms with E-state index in [1.807, 2.05) is 30.6 Å². The molecule has 0 radical (unpaired) electrons. The summed E-state index contributed by atoms with van der Waals surface area (Å²) in [5, 5.41) is 0. The molecule has 0 aliphatic rings. The molecule has 4 nitrogen and oxygen atoms in total. The summed E-state index contributed by atoms with van der Waals surface area (Å²) >= 11 is 0. The van der Waals surface area contributed by atoms with Gasteiger partial charge in [0.05, 0.1) is 5.69 Å². The third kappa shape index (κ3) is 0.922. The SMILES string of the molecule is Cc1cn2cc(C)c(N)nc2n1. The highest BCUT2D eigenvalue weighted by Crippen LogP contribution is 2.09. The minimum Gasteiger partial charge on any atom is -0.383 e. The Morgan fingerprint density at radius 1 is 1.25 bits per heavy atom. The van der Waals surface area contributed by atoms with Gasteiger partial charge in [-0.25, -0.2) is 4.98 Å². The van der Waals surface area contributed by atoms with Crippen molar-refractivity contribution in [1.29, 1.82) is 0 Å². The number of hydrogen-bond donors (Lipinski definition) is 1. The molecule has 0 aliphatic carbocycles. The van der Waals surface area contributed by atoms with Crippen LogP contribution < -0.4 is 5.73 Å². The van der Waals surface area contributed by atoms with Crippen molar-refractivity contribution in [1.82, 2.24) is 14.4 Å². The van der Waals surface area contributed by atoms with E-state index in [9.17, 15) is 0 Å². The second-order valence-corrected chi connectivity index (χ2v) is 2.90. The molecule has 2 N–H and O–H groups in total. The number of imidazole rings is 1. The quantitative estimate of drug-likeness (QED) is 0.627. The maximum Gasteiger partial charge on any atom is 0.235 e. The van der Waals surface area contributed by atoms with E-state index >= 15 is 0 Å². The molecule has 12 heavy (non-hydrogen) atoms.